The van der Waals surface area contributed by atoms with Gasteiger partial charge in [-0.3, -0.25) is 9.59 Å². The predicted octanol–water partition coefficient (Wildman–Crippen LogP) is 2.37. The van der Waals surface area contributed by atoms with Crippen LogP contribution >= 0.6 is 31.9 Å². The lowest BCUT2D eigenvalue weighted by Crippen LogP contribution is -2.31. The maximum Gasteiger partial charge on any atom is 0.299 e. The summed E-state index contributed by atoms with van der Waals surface area (Å²) in [6.45, 7) is 0.500. The van der Waals surface area contributed by atoms with Gasteiger partial charge in [-0.25, -0.2) is 0 Å². The first-order chi connectivity index (χ1) is 7.16. The van der Waals surface area contributed by atoms with Gasteiger partial charge in [0.1, 0.15) is 0 Å². The average molecular weight is 333 g/mol. The highest BCUT2D eigenvalue weighted by Gasteiger charge is 2.36. The topological polar surface area (TPSA) is 37.4 Å². The van der Waals surface area contributed by atoms with E-state index in [0.29, 0.717) is 23.1 Å². The fourth-order valence-electron chi connectivity index (χ4n) is 1.61. The normalized spacial score (nSPS) is 14.7. The summed E-state index contributed by atoms with van der Waals surface area (Å²) in [7, 11) is 0. The van der Waals surface area contributed by atoms with Gasteiger partial charge >= 0.3 is 0 Å². The summed E-state index contributed by atoms with van der Waals surface area (Å²) in [6, 6.07) is 5.26. The molecule has 1 aromatic rings. The fraction of sp³-hybridized carbons (Fsp3) is 0.200. The zero-order valence-electron chi connectivity index (χ0n) is 7.67. The average Bonchev–Trinajstić information content (AvgIpc) is 2.46. The minimum Gasteiger partial charge on any atom is -0.303 e. The van der Waals surface area contributed by atoms with E-state index in [1.54, 1.807) is 12.1 Å². The maximum absolute atomic E-state index is 11.6. The lowest BCUT2D eigenvalue weighted by atomic mass is 10.1. The van der Waals surface area contributed by atoms with E-state index < -0.39 is 11.7 Å². The molecule has 1 aromatic carbocycles. The summed E-state index contributed by atoms with van der Waals surface area (Å²) >= 11 is 6.61. The molecule has 0 unspecified atom stereocenters. The number of hydrogen-bond acceptors (Lipinski definition) is 2. The lowest BCUT2D eigenvalue weighted by Gasteiger charge is -2.15. The van der Waals surface area contributed by atoms with Crippen molar-refractivity contribution >= 4 is 49.2 Å². The molecule has 1 amide bonds. The Balaban J connectivity index is 2.56. The number of fused-ring (bicyclic) bond motifs is 1. The summed E-state index contributed by atoms with van der Waals surface area (Å²) in [6.07, 6.45) is 0. The maximum atomic E-state index is 11.6. The molecule has 2 rings (SSSR count). The number of carbonyl (C=O) groups excluding carboxylic acids is 2. The molecular formula is C10H7Br2NO2. The predicted molar refractivity (Wildman–Crippen MR) is 64.6 cm³/mol. The van der Waals surface area contributed by atoms with Crippen molar-refractivity contribution < 1.29 is 9.59 Å². The molecule has 0 saturated heterocycles. The number of alkyl halides is 1. The molecule has 0 aromatic heterocycles. The van der Waals surface area contributed by atoms with E-state index in [-0.39, 0.29) is 0 Å². The number of rotatable bonds is 2. The van der Waals surface area contributed by atoms with E-state index in [4.69, 9.17) is 0 Å². The van der Waals surface area contributed by atoms with Gasteiger partial charge in [0.05, 0.1) is 11.3 Å². The van der Waals surface area contributed by atoms with Crippen LogP contribution in [0, 0.1) is 0 Å². The Labute approximate surface area is 104 Å². The fourth-order valence-corrected chi connectivity index (χ4v) is 2.54. The lowest BCUT2D eigenvalue weighted by molar-refractivity contribution is -0.114. The number of hydrogen-bond donors (Lipinski definition) is 0. The smallest absolute Gasteiger partial charge is 0.299 e. The molecular weight excluding hydrogens is 326 g/mol. The molecule has 0 saturated carbocycles. The van der Waals surface area contributed by atoms with Crippen LogP contribution in [-0.4, -0.2) is 23.6 Å². The molecule has 3 nitrogen and oxygen atoms in total. The van der Waals surface area contributed by atoms with E-state index in [9.17, 15) is 9.59 Å². The standard InChI is InChI=1S/C10H7Br2NO2/c11-4-5-13-8-6(9(14)10(13)15)2-1-3-7(8)12/h1-3H,4-5H2. The van der Waals surface area contributed by atoms with Gasteiger partial charge in [-0.2, -0.15) is 0 Å². The molecule has 0 bridgehead atoms. The van der Waals surface area contributed by atoms with Crippen LogP contribution in [0.4, 0.5) is 5.69 Å². The summed E-state index contributed by atoms with van der Waals surface area (Å²) in [5.41, 5.74) is 1.17. The monoisotopic (exact) mass is 331 g/mol. The van der Waals surface area contributed by atoms with Gasteiger partial charge in [0.2, 0.25) is 0 Å². The third-order valence-corrected chi connectivity index (χ3v) is 3.24. The van der Waals surface area contributed by atoms with E-state index in [1.807, 2.05) is 6.07 Å². The second kappa shape index (κ2) is 4.06. The summed E-state index contributed by atoms with van der Waals surface area (Å²) in [4.78, 5) is 24.7. The highest BCUT2D eigenvalue weighted by atomic mass is 79.9. The Morgan fingerprint density at radius 2 is 2.00 bits per heavy atom. The second-order valence-electron chi connectivity index (χ2n) is 3.11. The number of nitrogens with zero attached hydrogens (tertiary/aromatic N) is 1. The Morgan fingerprint density at radius 1 is 1.27 bits per heavy atom. The highest BCUT2D eigenvalue weighted by molar-refractivity contribution is 9.10. The third-order valence-electron chi connectivity index (χ3n) is 2.25. The summed E-state index contributed by atoms with van der Waals surface area (Å²) in [5, 5.41) is 0.646. The number of carbonyl (C=O) groups is 2. The zero-order chi connectivity index (χ0) is 11.0. The van der Waals surface area contributed by atoms with Crippen molar-refractivity contribution in [3.05, 3.63) is 28.2 Å². The van der Waals surface area contributed by atoms with Crippen LogP contribution in [0.5, 0.6) is 0 Å². The van der Waals surface area contributed by atoms with Gasteiger partial charge in [0.15, 0.2) is 0 Å². The van der Waals surface area contributed by atoms with Crippen LogP contribution in [0.25, 0.3) is 0 Å². The summed E-state index contributed by atoms with van der Waals surface area (Å²) in [5.74, 6) is -0.872. The minimum atomic E-state index is -0.448. The van der Waals surface area contributed by atoms with Crippen molar-refractivity contribution in [2.24, 2.45) is 0 Å². The Bertz CT molecular complexity index is 445. The Hall–Kier alpha value is -0.680. The molecule has 1 heterocycles. The van der Waals surface area contributed by atoms with E-state index in [1.165, 1.54) is 4.90 Å². The van der Waals surface area contributed by atoms with E-state index in [0.717, 1.165) is 4.47 Å². The molecule has 78 valence electrons. The van der Waals surface area contributed by atoms with Gasteiger partial charge in [0, 0.05) is 16.3 Å². The molecule has 1 aliphatic heterocycles. The Morgan fingerprint density at radius 3 is 2.67 bits per heavy atom. The quantitative estimate of drug-likeness (QED) is 0.616. The first-order valence-corrected chi connectivity index (χ1v) is 6.29. The van der Waals surface area contributed by atoms with E-state index >= 15 is 0 Å². The van der Waals surface area contributed by atoms with Crippen molar-refractivity contribution in [2.75, 3.05) is 16.8 Å². The van der Waals surface area contributed by atoms with Crippen LogP contribution < -0.4 is 4.90 Å². The van der Waals surface area contributed by atoms with Gasteiger partial charge in [-0.1, -0.05) is 22.0 Å². The summed E-state index contributed by atoms with van der Waals surface area (Å²) < 4.78 is 0.778. The van der Waals surface area contributed by atoms with Crippen molar-refractivity contribution in [2.45, 2.75) is 0 Å². The molecule has 15 heavy (non-hydrogen) atoms. The molecule has 0 atom stereocenters. The number of halogens is 2. The molecule has 0 spiro atoms. The van der Waals surface area contributed by atoms with Crippen LogP contribution in [0.2, 0.25) is 0 Å². The Kier molecular flexibility index (Phi) is 2.93. The number of Topliss-reactive ketones (excluding diaryl/α,β-unsaturated/α-hetero) is 1. The van der Waals surface area contributed by atoms with E-state index in [2.05, 4.69) is 31.9 Å². The van der Waals surface area contributed by atoms with Gasteiger partial charge in [-0.05, 0) is 28.1 Å². The minimum absolute atomic E-state index is 0.424. The van der Waals surface area contributed by atoms with Crippen LogP contribution in [0.15, 0.2) is 22.7 Å². The molecule has 0 aliphatic carbocycles. The van der Waals surface area contributed by atoms with Crippen LogP contribution in [0.1, 0.15) is 10.4 Å². The molecule has 1 aliphatic rings. The van der Waals surface area contributed by atoms with Crippen molar-refractivity contribution in [3.8, 4) is 0 Å². The zero-order valence-corrected chi connectivity index (χ0v) is 10.8. The second-order valence-corrected chi connectivity index (χ2v) is 4.76. The number of ketones is 1. The first kappa shape index (κ1) is 10.8. The van der Waals surface area contributed by atoms with Crippen LogP contribution in [0.3, 0.4) is 0 Å². The molecule has 0 N–H and O–H groups in total. The van der Waals surface area contributed by atoms with Gasteiger partial charge < -0.3 is 4.90 Å². The van der Waals surface area contributed by atoms with Crippen molar-refractivity contribution in [1.29, 1.82) is 0 Å². The van der Waals surface area contributed by atoms with Crippen molar-refractivity contribution in [1.82, 2.24) is 0 Å². The highest BCUT2D eigenvalue weighted by Crippen LogP contribution is 2.35. The first-order valence-electron chi connectivity index (χ1n) is 4.37. The number of anilines is 1. The van der Waals surface area contributed by atoms with Gasteiger partial charge in [-0.15, -0.1) is 0 Å². The largest absolute Gasteiger partial charge is 0.303 e. The van der Waals surface area contributed by atoms with Gasteiger partial charge in [0.25, 0.3) is 11.7 Å². The molecule has 5 heteroatoms. The SMILES string of the molecule is O=C1C(=O)N(CCBr)c2c(Br)cccc21. The molecule has 0 fully saturated rings. The number of para-hydroxylation sites is 1. The third kappa shape index (κ3) is 1.63. The van der Waals surface area contributed by atoms with Crippen LogP contribution in [-0.2, 0) is 4.79 Å². The number of benzene rings is 1. The molecule has 0 radical (unpaired) electrons. The van der Waals surface area contributed by atoms with Crippen molar-refractivity contribution in [3.63, 3.8) is 0 Å². The number of amides is 1.